The summed E-state index contributed by atoms with van der Waals surface area (Å²) < 4.78 is 0. The Labute approximate surface area is 123 Å². The molecule has 0 bridgehead atoms. The molecule has 2 aliphatic carbocycles. The number of nitrogens with two attached hydrogens (primary N) is 1. The van der Waals surface area contributed by atoms with E-state index in [4.69, 9.17) is 5.73 Å². The first-order valence-corrected chi connectivity index (χ1v) is 8.71. The maximum Gasteiger partial charge on any atom is 0.226 e. The van der Waals surface area contributed by atoms with E-state index in [9.17, 15) is 4.79 Å². The zero-order chi connectivity index (χ0) is 14.1. The van der Waals surface area contributed by atoms with Gasteiger partial charge in [-0.2, -0.15) is 0 Å². The SMILES string of the molecule is CC1CCN(C(=O)C2CC2C2CCCCC2)C(CN)C1. The van der Waals surface area contributed by atoms with Crippen LogP contribution in [0, 0.1) is 23.7 Å². The molecule has 3 nitrogen and oxygen atoms in total. The summed E-state index contributed by atoms with van der Waals surface area (Å²) in [5, 5.41) is 0. The van der Waals surface area contributed by atoms with Crippen molar-refractivity contribution in [2.45, 2.75) is 64.3 Å². The largest absolute Gasteiger partial charge is 0.338 e. The Bertz CT molecular complexity index is 351. The zero-order valence-corrected chi connectivity index (χ0v) is 12.9. The highest BCUT2D eigenvalue weighted by Crippen LogP contribution is 2.50. The number of carbonyl (C=O) groups excluding carboxylic acids is 1. The standard InChI is InChI=1S/C17H30N2O/c1-12-7-8-19(14(9-12)11-18)17(20)16-10-15(16)13-5-3-2-4-6-13/h12-16H,2-11,18H2,1H3. The lowest BCUT2D eigenvalue weighted by atomic mass is 9.85. The summed E-state index contributed by atoms with van der Waals surface area (Å²) in [6.45, 7) is 3.86. The number of rotatable bonds is 3. The van der Waals surface area contributed by atoms with Gasteiger partial charge in [0.15, 0.2) is 0 Å². The second kappa shape index (κ2) is 6.05. The highest BCUT2D eigenvalue weighted by atomic mass is 16.2. The van der Waals surface area contributed by atoms with Crippen LogP contribution in [0.15, 0.2) is 0 Å². The first-order chi connectivity index (χ1) is 9.70. The number of likely N-dealkylation sites (tertiary alicyclic amines) is 1. The third kappa shape index (κ3) is 2.88. The highest BCUT2D eigenvalue weighted by molar-refractivity contribution is 5.82. The summed E-state index contributed by atoms with van der Waals surface area (Å²) in [4.78, 5) is 14.9. The van der Waals surface area contributed by atoms with Gasteiger partial charge in [-0.25, -0.2) is 0 Å². The Kier molecular flexibility index (Phi) is 4.34. The van der Waals surface area contributed by atoms with Gasteiger partial charge < -0.3 is 10.6 Å². The molecule has 4 atom stereocenters. The fourth-order valence-electron chi connectivity index (χ4n) is 4.56. The van der Waals surface area contributed by atoms with Crippen molar-refractivity contribution in [2.24, 2.45) is 29.4 Å². The molecule has 1 saturated heterocycles. The molecule has 4 unspecified atom stereocenters. The molecule has 0 aromatic rings. The summed E-state index contributed by atoms with van der Waals surface area (Å²) >= 11 is 0. The molecule has 0 aromatic heterocycles. The Hall–Kier alpha value is -0.570. The summed E-state index contributed by atoms with van der Waals surface area (Å²) in [6.07, 6.45) is 10.3. The van der Waals surface area contributed by atoms with E-state index in [2.05, 4.69) is 11.8 Å². The molecule has 0 aromatic carbocycles. The Morgan fingerprint density at radius 1 is 1.15 bits per heavy atom. The minimum atomic E-state index is 0.304. The van der Waals surface area contributed by atoms with Gasteiger partial charge in [0.25, 0.3) is 0 Å². The molecule has 114 valence electrons. The van der Waals surface area contributed by atoms with E-state index in [1.165, 1.54) is 32.1 Å². The van der Waals surface area contributed by atoms with Crippen molar-refractivity contribution in [3.05, 3.63) is 0 Å². The first kappa shape index (κ1) is 14.4. The van der Waals surface area contributed by atoms with Gasteiger partial charge in [0.2, 0.25) is 5.91 Å². The van der Waals surface area contributed by atoms with E-state index < -0.39 is 0 Å². The van der Waals surface area contributed by atoms with Gasteiger partial charge in [-0.15, -0.1) is 0 Å². The number of hydrogen-bond acceptors (Lipinski definition) is 2. The Balaban J connectivity index is 1.56. The van der Waals surface area contributed by atoms with Gasteiger partial charge in [0.1, 0.15) is 0 Å². The monoisotopic (exact) mass is 278 g/mol. The van der Waals surface area contributed by atoms with Gasteiger partial charge in [-0.05, 0) is 37.0 Å². The first-order valence-electron chi connectivity index (χ1n) is 8.71. The Morgan fingerprint density at radius 3 is 2.60 bits per heavy atom. The van der Waals surface area contributed by atoms with Crippen LogP contribution in [0.3, 0.4) is 0 Å². The van der Waals surface area contributed by atoms with Crippen molar-refractivity contribution in [3.63, 3.8) is 0 Å². The van der Waals surface area contributed by atoms with E-state index in [1.54, 1.807) is 0 Å². The van der Waals surface area contributed by atoms with Crippen LogP contribution in [0.2, 0.25) is 0 Å². The summed E-state index contributed by atoms with van der Waals surface area (Å²) in [7, 11) is 0. The molecule has 20 heavy (non-hydrogen) atoms. The molecule has 0 spiro atoms. The van der Waals surface area contributed by atoms with Gasteiger partial charge in [0.05, 0.1) is 0 Å². The summed E-state index contributed by atoms with van der Waals surface area (Å²) in [5.41, 5.74) is 5.90. The van der Waals surface area contributed by atoms with Crippen molar-refractivity contribution in [2.75, 3.05) is 13.1 Å². The van der Waals surface area contributed by atoms with Gasteiger partial charge in [0, 0.05) is 25.0 Å². The van der Waals surface area contributed by atoms with Crippen molar-refractivity contribution in [3.8, 4) is 0 Å². The molecule has 3 aliphatic rings. The second-order valence-electron chi connectivity index (χ2n) is 7.45. The number of hydrogen-bond donors (Lipinski definition) is 1. The summed E-state index contributed by atoms with van der Waals surface area (Å²) in [5.74, 6) is 3.06. The van der Waals surface area contributed by atoms with Crippen molar-refractivity contribution < 1.29 is 4.79 Å². The molecule has 3 rings (SSSR count). The van der Waals surface area contributed by atoms with Crippen LogP contribution < -0.4 is 5.73 Å². The van der Waals surface area contributed by atoms with Crippen LogP contribution in [-0.2, 0) is 4.79 Å². The second-order valence-corrected chi connectivity index (χ2v) is 7.45. The minimum Gasteiger partial charge on any atom is -0.338 e. The third-order valence-electron chi connectivity index (χ3n) is 5.95. The van der Waals surface area contributed by atoms with E-state index in [-0.39, 0.29) is 0 Å². The molecular weight excluding hydrogens is 248 g/mol. The van der Waals surface area contributed by atoms with Crippen LogP contribution in [-0.4, -0.2) is 29.9 Å². The maximum atomic E-state index is 12.8. The highest BCUT2D eigenvalue weighted by Gasteiger charge is 2.49. The number of piperidine rings is 1. The van der Waals surface area contributed by atoms with E-state index >= 15 is 0 Å². The lowest BCUT2D eigenvalue weighted by Crippen LogP contribution is -2.50. The molecule has 1 aliphatic heterocycles. The molecule has 0 radical (unpaired) electrons. The predicted molar refractivity (Wildman–Crippen MR) is 81.1 cm³/mol. The lowest BCUT2D eigenvalue weighted by Gasteiger charge is -2.38. The summed E-state index contributed by atoms with van der Waals surface area (Å²) in [6, 6.07) is 0.304. The molecule has 3 heteroatoms. The van der Waals surface area contributed by atoms with Gasteiger partial charge >= 0.3 is 0 Å². The topological polar surface area (TPSA) is 46.3 Å². The average Bonchev–Trinajstić information content (AvgIpc) is 3.28. The van der Waals surface area contributed by atoms with E-state index in [0.29, 0.717) is 30.3 Å². The van der Waals surface area contributed by atoms with E-state index in [1.807, 2.05) is 0 Å². The Morgan fingerprint density at radius 2 is 1.90 bits per heavy atom. The fraction of sp³-hybridized carbons (Fsp3) is 0.941. The van der Waals surface area contributed by atoms with Crippen molar-refractivity contribution in [1.29, 1.82) is 0 Å². The van der Waals surface area contributed by atoms with E-state index in [0.717, 1.165) is 37.6 Å². The normalized spacial score (nSPS) is 38.8. The van der Waals surface area contributed by atoms with Crippen LogP contribution >= 0.6 is 0 Å². The third-order valence-corrected chi connectivity index (χ3v) is 5.95. The van der Waals surface area contributed by atoms with Crippen LogP contribution in [0.25, 0.3) is 0 Å². The molecular formula is C17H30N2O. The van der Waals surface area contributed by atoms with Crippen molar-refractivity contribution in [1.82, 2.24) is 4.90 Å². The van der Waals surface area contributed by atoms with Gasteiger partial charge in [-0.3, -0.25) is 4.79 Å². The molecule has 3 fully saturated rings. The predicted octanol–water partition coefficient (Wildman–Crippen LogP) is 2.79. The smallest absolute Gasteiger partial charge is 0.226 e. The van der Waals surface area contributed by atoms with Crippen molar-refractivity contribution >= 4 is 5.91 Å². The minimum absolute atomic E-state index is 0.304. The zero-order valence-electron chi connectivity index (χ0n) is 12.9. The van der Waals surface area contributed by atoms with Crippen LogP contribution in [0.5, 0.6) is 0 Å². The quantitative estimate of drug-likeness (QED) is 0.863. The number of carbonyl (C=O) groups is 1. The van der Waals surface area contributed by atoms with Crippen LogP contribution in [0.1, 0.15) is 58.3 Å². The number of amides is 1. The molecule has 1 amide bonds. The van der Waals surface area contributed by atoms with Gasteiger partial charge in [-0.1, -0.05) is 39.0 Å². The maximum absolute atomic E-state index is 12.8. The molecule has 2 N–H and O–H groups in total. The molecule has 1 heterocycles. The lowest BCUT2D eigenvalue weighted by molar-refractivity contribution is -0.137. The fourth-order valence-corrected chi connectivity index (χ4v) is 4.56. The van der Waals surface area contributed by atoms with Crippen LogP contribution in [0.4, 0.5) is 0 Å². The molecule has 2 saturated carbocycles. The average molecular weight is 278 g/mol. The number of nitrogens with zero attached hydrogens (tertiary/aromatic N) is 1.